The van der Waals surface area contributed by atoms with E-state index in [0.29, 0.717) is 22.4 Å². The predicted octanol–water partition coefficient (Wildman–Crippen LogP) is 5.28. The normalized spacial score (nSPS) is 18.0. The summed E-state index contributed by atoms with van der Waals surface area (Å²) in [7, 11) is 2.17. The van der Waals surface area contributed by atoms with Crippen LogP contribution in [-0.4, -0.2) is 80.0 Å². The van der Waals surface area contributed by atoms with Gasteiger partial charge in [0.25, 0.3) is 11.8 Å². The first-order chi connectivity index (χ1) is 25.1. The number of aryl methyl sites for hydroxylation is 1. The van der Waals surface area contributed by atoms with Crippen LogP contribution in [0.3, 0.4) is 0 Å². The Morgan fingerprint density at radius 1 is 1.00 bits per heavy atom. The summed E-state index contributed by atoms with van der Waals surface area (Å²) in [6.07, 6.45) is 4.36. The first-order valence-electron chi connectivity index (χ1n) is 17.7. The molecule has 1 N–H and O–H groups in total. The first-order valence-corrected chi connectivity index (χ1v) is 18.5. The Morgan fingerprint density at radius 3 is 2.50 bits per heavy atom. The Labute approximate surface area is 311 Å². The van der Waals surface area contributed by atoms with Crippen molar-refractivity contribution < 1.29 is 9.59 Å². The van der Waals surface area contributed by atoms with Gasteiger partial charge in [0.2, 0.25) is 0 Å². The van der Waals surface area contributed by atoms with E-state index in [4.69, 9.17) is 0 Å². The Morgan fingerprint density at radius 2 is 1.77 bits per heavy atom. The maximum Gasteiger partial charge on any atom is 0.333 e. The average Bonchev–Trinajstić information content (AvgIpc) is 3.71. The fourth-order valence-electron chi connectivity index (χ4n) is 8.26. The van der Waals surface area contributed by atoms with Crippen molar-refractivity contribution in [2.75, 3.05) is 38.1 Å². The van der Waals surface area contributed by atoms with Gasteiger partial charge in [-0.05, 0) is 87.0 Å². The second-order valence-electron chi connectivity index (χ2n) is 14.6. The molecule has 2 fully saturated rings. The quantitative estimate of drug-likeness (QED) is 0.241. The number of halogens is 1. The molecule has 1 spiro atoms. The van der Waals surface area contributed by atoms with E-state index in [1.165, 1.54) is 17.3 Å². The molecule has 11 nitrogen and oxygen atoms in total. The maximum absolute atomic E-state index is 14.4. The number of fused-ring (bicyclic) bond motifs is 1. The summed E-state index contributed by atoms with van der Waals surface area (Å²) >= 11 is 3.53. The zero-order valence-electron chi connectivity index (χ0n) is 29.6. The number of carbonyl (C=O) groups is 2. The number of nitrogens with zero attached hydrogens (tertiary/aromatic N) is 7. The van der Waals surface area contributed by atoms with Crippen molar-refractivity contribution in [3.63, 3.8) is 0 Å². The number of aromatic nitrogens is 4. The molecule has 12 heteroatoms. The largest absolute Gasteiger partial charge is 0.371 e. The highest BCUT2D eigenvalue weighted by Gasteiger charge is 2.46. The molecule has 3 aliphatic rings. The summed E-state index contributed by atoms with van der Waals surface area (Å²) in [5, 5.41) is 3.11. The number of amides is 2. The van der Waals surface area contributed by atoms with E-state index in [1.54, 1.807) is 21.7 Å². The van der Waals surface area contributed by atoms with Gasteiger partial charge in [-0.15, -0.1) is 0 Å². The SMILES string of the molecule is Cc1cc(C(=O)N2Cc3c(C(=O)NCc4ccccc4-c4ccncn4)n(-c4ccc(N5CCC6(CN(C)C6)C5)cc4)c(=O)n3C[C@@H]2C)ccc1Br. The molecule has 0 radical (unpaired) electrons. The van der Waals surface area contributed by atoms with Gasteiger partial charge in [0.15, 0.2) is 0 Å². The number of imidazole rings is 1. The lowest BCUT2D eigenvalue weighted by molar-refractivity contribution is 0.0424. The molecule has 3 aromatic carbocycles. The molecular formula is C40H41BrN8O3. The molecule has 1 atom stereocenters. The summed E-state index contributed by atoms with van der Waals surface area (Å²) in [4.78, 5) is 57.7. The van der Waals surface area contributed by atoms with Crippen LogP contribution in [0.25, 0.3) is 16.9 Å². The van der Waals surface area contributed by atoms with E-state index in [0.717, 1.165) is 58.7 Å². The Balaban J connectivity index is 1.14. The fourth-order valence-corrected chi connectivity index (χ4v) is 8.51. The van der Waals surface area contributed by atoms with Crippen LogP contribution in [0.2, 0.25) is 0 Å². The third kappa shape index (κ3) is 6.13. The van der Waals surface area contributed by atoms with Gasteiger partial charge >= 0.3 is 5.69 Å². The molecule has 3 aliphatic heterocycles. The van der Waals surface area contributed by atoms with Gasteiger partial charge in [-0.3, -0.25) is 18.7 Å². The van der Waals surface area contributed by atoms with Gasteiger partial charge in [0.1, 0.15) is 12.0 Å². The van der Waals surface area contributed by atoms with Crippen molar-refractivity contribution in [2.24, 2.45) is 5.41 Å². The number of anilines is 1. The average molecular weight is 762 g/mol. The van der Waals surface area contributed by atoms with E-state index in [-0.39, 0.29) is 43.0 Å². The van der Waals surface area contributed by atoms with Crippen LogP contribution in [-0.2, 0) is 19.6 Å². The highest BCUT2D eigenvalue weighted by Crippen LogP contribution is 2.40. The molecular weight excluding hydrogens is 720 g/mol. The topological polar surface area (TPSA) is 109 Å². The highest BCUT2D eigenvalue weighted by molar-refractivity contribution is 9.10. The van der Waals surface area contributed by atoms with Gasteiger partial charge in [0, 0.05) is 78.2 Å². The van der Waals surface area contributed by atoms with Crippen LogP contribution in [0.1, 0.15) is 51.0 Å². The van der Waals surface area contributed by atoms with Crippen molar-refractivity contribution in [3.05, 3.63) is 128 Å². The molecule has 5 heterocycles. The highest BCUT2D eigenvalue weighted by atomic mass is 79.9. The molecule has 52 heavy (non-hydrogen) atoms. The van der Waals surface area contributed by atoms with E-state index in [2.05, 4.69) is 48.1 Å². The predicted molar refractivity (Wildman–Crippen MR) is 204 cm³/mol. The molecule has 0 saturated carbocycles. The lowest BCUT2D eigenvalue weighted by Gasteiger charge is -2.46. The van der Waals surface area contributed by atoms with Crippen molar-refractivity contribution in [1.29, 1.82) is 0 Å². The summed E-state index contributed by atoms with van der Waals surface area (Å²) in [6, 6.07) is 22.8. The molecule has 2 aromatic heterocycles. The second kappa shape index (κ2) is 13.5. The zero-order chi connectivity index (χ0) is 36.1. The lowest BCUT2D eigenvalue weighted by Crippen LogP contribution is -2.55. The molecule has 2 amide bonds. The van der Waals surface area contributed by atoms with Crippen LogP contribution < -0.4 is 15.9 Å². The molecule has 266 valence electrons. The smallest absolute Gasteiger partial charge is 0.333 e. The lowest BCUT2D eigenvalue weighted by atomic mass is 9.79. The van der Waals surface area contributed by atoms with Gasteiger partial charge < -0.3 is 20.0 Å². The maximum atomic E-state index is 14.4. The number of nitrogens with one attached hydrogen (secondary N) is 1. The van der Waals surface area contributed by atoms with E-state index >= 15 is 0 Å². The molecule has 0 bridgehead atoms. The number of likely N-dealkylation sites (tertiary alicyclic amines) is 1. The minimum atomic E-state index is -0.399. The van der Waals surface area contributed by atoms with Crippen LogP contribution in [0, 0.1) is 12.3 Å². The van der Waals surface area contributed by atoms with E-state index < -0.39 is 5.91 Å². The van der Waals surface area contributed by atoms with Crippen LogP contribution in [0.5, 0.6) is 0 Å². The Kier molecular flexibility index (Phi) is 8.83. The molecule has 0 aliphatic carbocycles. The molecule has 5 aromatic rings. The Bertz CT molecular complexity index is 2230. The van der Waals surface area contributed by atoms with Crippen molar-refractivity contribution >= 4 is 33.4 Å². The standard InChI is InChI=1S/C40H41BrN8O3/c1-26-18-28(8-13-33(26)41)38(51)47-21-35-36(37(50)43-19-29-6-4-5-7-32(29)34-14-16-42-25-44-34)49(39(52)48(35)20-27(47)2)31-11-9-30(10-12-31)46-17-15-40(24-46)22-45(3)23-40/h4-14,16,18,25,27H,15,17,19-24H2,1-3H3,(H,43,50)/t27-/m0/s1. The third-order valence-corrected chi connectivity index (χ3v) is 11.8. The second-order valence-corrected chi connectivity index (χ2v) is 15.4. The van der Waals surface area contributed by atoms with E-state index in [9.17, 15) is 14.4 Å². The van der Waals surface area contributed by atoms with Crippen molar-refractivity contribution in [1.82, 2.24) is 34.2 Å². The van der Waals surface area contributed by atoms with Gasteiger partial charge in [-0.2, -0.15) is 0 Å². The first kappa shape index (κ1) is 34.0. The Hall–Kier alpha value is -5.07. The summed E-state index contributed by atoms with van der Waals surface area (Å²) in [5.41, 5.74) is 6.52. The third-order valence-electron chi connectivity index (χ3n) is 10.9. The number of hydrogen-bond acceptors (Lipinski definition) is 7. The van der Waals surface area contributed by atoms with Crippen molar-refractivity contribution in [2.45, 2.75) is 45.9 Å². The minimum absolute atomic E-state index is 0.111. The zero-order valence-corrected chi connectivity index (χ0v) is 31.1. The van der Waals surface area contributed by atoms with Gasteiger partial charge in [-0.25, -0.2) is 14.8 Å². The summed E-state index contributed by atoms with van der Waals surface area (Å²) < 4.78 is 4.10. The summed E-state index contributed by atoms with van der Waals surface area (Å²) in [5.74, 6) is -0.547. The van der Waals surface area contributed by atoms with Crippen LogP contribution in [0.15, 0.2) is 94.6 Å². The minimum Gasteiger partial charge on any atom is -0.371 e. The number of benzene rings is 3. The van der Waals surface area contributed by atoms with Gasteiger partial charge in [-0.1, -0.05) is 40.2 Å². The van der Waals surface area contributed by atoms with Crippen LogP contribution >= 0.6 is 15.9 Å². The van der Waals surface area contributed by atoms with E-state index in [1.807, 2.05) is 80.6 Å². The fraction of sp³-hybridized carbons (Fsp3) is 0.325. The number of rotatable bonds is 7. The monoisotopic (exact) mass is 760 g/mol. The van der Waals surface area contributed by atoms with Gasteiger partial charge in [0.05, 0.1) is 23.6 Å². The molecule has 2 saturated heterocycles. The summed E-state index contributed by atoms with van der Waals surface area (Å²) in [6.45, 7) is 8.73. The number of hydrogen-bond donors (Lipinski definition) is 1. The van der Waals surface area contributed by atoms with Crippen molar-refractivity contribution in [3.8, 4) is 16.9 Å². The number of carbonyl (C=O) groups excluding carboxylic acids is 2. The molecule has 8 rings (SSSR count). The molecule has 0 unspecified atom stereocenters. The van der Waals surface area contributed by atoms with Crippen LogP contribution in [0.4, 0.5) is 5.69 Å².